The Labute approximate surface area is 874 Å². The van der Waals surface area contributed by atoms with Crippen molar-refractivity contribution in [2.24, 2.45) is 21.1 Å². The number of carboxylic acid groups (broad SMARTS) is 1. The Hall–Kier alpha value is -12.3. The van der Waals surface area contributed by atoms with E-state index < -0.39 is 112 Å². The summed E-state index contributed by atoms with van der Waals surface area (Å²) in [7, 11) is 7.07. The van der Waals surface area contributed by atoms with Crippen molar-refractivity contribution in [3.63, 3.8) is 0 Å². The predicted octanol–water partition coefficient (Wildman–Crippen LogP) is 17.6. The molecule has 15 nitrogen and oxygen atoms in total. The van der Waals surface area contributed by atoms with Crippen LogP contribution in [0.5, 0.6) is 0 Å². The minimum absolute atomic E-state index is 0. The van der Waals surface area contributed by atoms with Crippen LogP contribution in [0, 0.1) is 34.9 Å². The molecule has 0 atom stereocenters. The Bertz CT molecular complexity index is 5940. The first kappa shape index (κ1) is 115. The van der Waals surface area contributed by atoms with E-state index in [1.54, 1.807) is 58.4 Å². The topological polar surface area (TPSA) is 203 Å². The first-order valence-corrected chi connectivity index (χ1v) is 49.8. The maximum Gasteiger partial charge on any atom is 1.00 e. The Morgan fingerprint density at radius 3 is 0.683 bits per heavy atom. The van der Waals surface area contributed by atoms with Gasteiger partial charge in [-0.2, -0.15) is 15.3 Å². The molecule has 721 valence electrons. The van der Waals surface area contributed by atoms with Crippen molar-refractivity contribution in [2.45, 2.75) is 38.9 Å². The fraction of sp³-hybridized carbons (Fsp3) is 0.0973. The van der Waals surface area contributed by atoms with E-state index in [1.165, 1.54) is 85.4 Å². The molecule has 0 aliphatic rings. The first-order chi connectivity index (χ1) is 67.1. The molecular formula is C113H102BBrF6N6NaO9P4Pd. The second-order valence-corrected chi connectivity index (χ2v) is 41.2. The average Bonchev–Trinajstić information content (AvgIpc) is 1.56. The van der Waals surface area contributed by atoms with Gasteiger partial charge in [-0.25, -0.2) is 40.7 Å². The minimum Gasteiger partial charge on any atom is -0.870 e. The Kier molecular flexibility index (Phi) is 47.2. The smallest absolute Gasteiger partial charge is 0.870 e. The summed E-state index contributed by atoms with van der Waals surface area (Å²) in [6.07, 6.45) is 4.70. The Morgan fingerprint density at radius 2 is 0.514 bits per heavy atom. The number of methoxy groups -OCH3 is 2. The second kappa shape index (κ2) is 58.3. The number of esters is 2. The standard InChI is InChI=1S/4C18H15P.C12H10F2N2O2.C11H8F2N2O2.C10H18BN2O2.C8H5BrF2O2.Na.H2O.Pd/c4*1-4-10-16(11-5-1)19(17-12-6-2-7-13-17)18-14-8-3-9-15-18;1-16-10(3-4-15-16)7-5-8(13)11(9(14)6-7)12(17)18-2;1-15-9(2-3-14-15)6-4-7(12)10(11(16)17)8(13)5-6;1-9(2,14)10(3,4)15-11-8-6-7-12-13(8)5;1-13-8(12)7-5(10)2-4(9)3-6(7)11;;;/h4*1-15H;3-6H,1-2H3;2-5H,1H3,(H,16,17);6-7,14H,1-5H3;2-3H,1H3;;1H2;/q;;;;;;;;+1;;/p-1. The molecule has 0 bridgehead atoms. The Balaban J connectivity index is 0.000000199. The number of hydrogen-bond donors (Lipinski definition) is 2. The van der Waals surface area contributed by atoms with Crippen LogP contribution in [-0.2, 0) is 55.7 Å². The predicted molar refractivity (Wildman–Crippen MR) is 563 cm³/mol. The fourth-order valence-electron chi connectivity index (χ4n) is 13.7. The van der Waals surface area contributed by atoms with Gasteiger partial charge in [-0.3, -0.25) is 14.0 Å². The second-order valence-electron chi connectivity index (χ2n) is 31.4. The molecule has 3 heterocycles. The largest absolute Gasteiger partial charge is 1.00 e. The number of ether oxygens (including phenoxy) is 2. The van der Waals surface area contributed by atoms with Gasteiger partial charge >= 0.3 is 54.9 Å². The monoisotopic (exact) mass is 2140 g/mol. The maximum atomic E-state index is 13.7. The van der Waals surface area contributed by atoms with E-state index in [0.29, 0.717) is 17.0 Å². The van der Waals surface area contributed by atoms with Crippen LogP contribution in [0.2, 0.25) is 0 Å². The van der Waals surface area contributed by atoms with E-state index in [-0.39, 0.29) is 65.5 Å². The van der Waals surface area contributed by atoms with E-state index in [0.717, 1.165) is 56.2 Å². The molecule has 18 rings (SSSR count). The molecule has 142 heavy (non-hydrogen) atoms. The summed E-state index contributed by atoms with van der Waals surface area (Å²) in [5.74, 6) is -9.71. The summed E-state index contributed by atoms with van der Waals surface area (Å²) in [4.78, 5) is 32.7. The van der Waals surface area contributed by atoms with Crippen LogP contribution in [0.4, 0.5) is 26.3 Å². The van der Waals surface area contributed by atoms with E-state index in [2.05, 4.69) is 405 Å². The van der Waals surface area contributed by atoms with Gasteiger partial charge in [0.2, 0.25) is 0 Å². The summed E-state index contributed by atoms with van der Waals surface area (Å²) in [5, 5.41) is 47.1. The number of benzene rings is 15. The minimum atomic E-state index is -1.63. The van der Waals surface area contributed by atoms with Crippen molar-refractivity contribution in [1.29, 1.82) is 0 Å². The maximum absolute atomic E-state index is 13.7. The zero-order valence-electron chi connectivity index (χ0n) is 79.4. The number of aliphatic hydroxyl groups is 1. The number of carboxylic acids is 1. The van der Waals surface area contributed by atoms with Gasteiger partial charge in [0.05, 0.1) is 36.8 Å². The van der Waals surface area contributed by atoms with E-state index in [1.807, 2.05) is 27.0 Å². The van der Waals surface area contributed by atoms with Crippen molar-refractivity contribution in [1.82, 2.24) is 29.3 Å². The quantitative estimate of drug-likeness (QED) is 0.0299. The third-order valence-electron chi connectivity index (χ3n) is 21.3. The van der Waals surface area contributed by atoms with Gasteiger partial charge in [0, 0.05) is 81.3 Å². The van der Waals surface area contributed by atoms with Crippen LogP contribution < -0.4 is 98.8 Å². The summed E-state index contributed by atoms with van der Waals surface area (Å²) in [6, 6.07) is 140. The molecule has 0 spiro atoms. The first-order valence-electron chi connectivity index (χ1n) is 43.7. The van der Waals surface area contributed by atoms with Crippen LogP contribution in [0.25, 0.3) is 22.5 Å². The Morgan fingerprint density at radius 1 is 0.324 bits per heavy atom. The molecule has 0 aliphatic heterocycles. The number of aryl methyl sites for hydroxylation is 3. The molecule has 29 heteroatoms. The number of hydrogen-bond acceptors (Lipinski definition) is 11. The van der Waals surface area contributed by atoms with Gasteiger partial charge in [0.15, 0.2) is 0 Å². The molecule has 0 amide bonds. The van der Waals surface area contributed by atoms with E-state index in [4.69, 9.17) is 9.76 Å². The van der Waals surface area contributed by atoms with Gasteiger partial charge in [-0.15, -0.1) is 0 Å². The van der Waals surface area contributed by atoms with Crippen molar-refractivity contribution in [2.75, 3.05) is 14.2 Å². The molecule has 15 aromatic carbocycles. The van der Waals surface area contributed by atoms with Crippen molar-refractivity contribution < 1.29 is 121 Å². The SMILES string of the molecule is COC(=O)c1c(F)cc(-c2ccnn2C)cc1F.COC(=O)c1c(F)cc(Br)cc1F.Cn1nccc1-c1cc(F)c(C(=O)O)c(F)c1.Cn1nccc1[B]OC(C)(C)C(C)(C)O.[Na+].[OH-].[Pd].c1ccc(P(c2ccccc2)c2ccccc2)cc1.c1ccc(P(c2ccccc2)c2ccccc2)cc1.c1ccc(P(c2ccccc2)c2ccccc2)cc1.c1ccc(P(c2ccccc2)c2ccccc2)cc1. The van der Waals surface area contributed by atoms with Crippen LogP contribution >= 0.6 is 47.6 Å². The molecule has 0 saturated carbocycles. The van der Waals surface area contributed by atoms with Gasteiger partial charge < -0.3 is 29.8 Å². The molecule has 1 radical (unpaired) electrons. The van der Waals surface area contributed by atoms with Gasteiger partial charge in [-0.05, 0) is 178 Å². The number of aromatic nitrogens is 6. The fourth-order valence-corrected chi connectivity index (χ4v) is 23.3. The van der Waals surface area contributed by atoms with Crippen molar-refractivity contribution in [3.05, 3.63) is 493 Å². The number of carbonyl (C=O) groups excluding carboxylic acids is 2. The zero-order valence-corrected chi connectivity index (χ0v) is 88.1. The van der Waals surface area contributed by atoms with Crippen molar-refractivity contribution >= 4 is 142 Å². The van der Waals surface area contributed by atoms with Gasteiger partial charge in [-0.1, -0.05) is 380 Å². The number of nitrogens with zero attached hydrogens (tertiary/aromatic N) is 6. The molecular weight excluding hydrogens is 2040 g/mol. The molecule has 3 N–H and O–H groups in total. The normalized spacial score (nSPS) is 10.5. The number of carbonyl (C=O) groups is 3. The molecule has 0 unspecified atom stereocenters. The van der Waals surface area contributed by atoms with Crippen LogP contribution in [-0.4, -0.2) is 95.8 Å². The van der Waals surface area contributed by atoms with E-state index in [9.17, 15) is 45.8 Å². The zero-order chi connectivity index (χ0) is 99.2. The van der Waals surface area contributed by atoms with Crippen LogP contribution in [0.3, 0.4) is 0 Å². The molecule has 0 saturated heterocycles. The van der Waals surface area contributed by atoms with Gasteiger partial charge in [0.25, 0.3) is 0 Å². The summed E-state index contributed by atoms with van der Waals surface area (Å²) in [6.45, 7) is 7.15. The number of aromatic carboxylic acids is 1. The molecule has 0 aliphatic carbocycles. The number of rotatable bonds is 21. The third-order valence-corrected chi connectivity index (χ3v) is 31.5. The number of halogens is 7. The third kappa shape index (κ3) is 33.2. The summed E-state index contributed by atoms with van der Waals surface area (Å²) in [5.41, 5.74) is -1.40. The average molecular weight is 2150 g/mol. The van der Waals surface area contributed by atoms with Crippen LogP contribution in [0.1, 0.15) is 58.8 Å². The van der Waals surface area contributed by atoms with Crippen LogP contribution in [0.15, 0.2) is 442 Å². The molecule has 0 fully saturated rings. The van der Waals surface area contributed by atoms with E-state index >= 15 is 0 Å². The molecule has 3 aromatic heterocycles. The summed E-state index contributed by atoms with van der Waals surface area (Å²) >= 11 is 2.89. The van der Waals surface area contributed by atoms with Gasteiger partial charge in [0.1, 0.15) is 51.6 Å². The molecule has 18 aromatic rings. The summed E-state index contributed by atoms with van der Waals surface area (Å²) < 4.78 is 99.2. The van der Waals surface area contributed by atoms with Crippen molar-refractivity contribution in [3.8, 4) is 22.5 Å².